The van der Waals surface area contributed by atoms with E-state index in [1.54, 1.807) is 0 Å². The molecule has 15 heavy (non-hydrogen) atoms. The fraction of sp³-hybridized carbons (Fsp3) is 0.333. The molecule has 0 aromatic heterocycles. The molecule has 1 unspecified atom stereocenters. The lowest BCUT2D eigenvalue weighted by atomic mass is 10.2. The Hall–Kier alpha value is -1.11. The normalized spacial score (nSPS) is 25.3. The van der Waals surface area contributed by atoms with Gasteiger partial charge in [-0.05, 0) is 0 Å². The minimum absolute atomic E-state index is 0.0231. The fourth-order valence-corrected chi connectivity index (χ4v) is 2.57. The molecular weight excluding hydrogens is 214 g/mol. The first kappa shape index (κ1) is 10.4. The van der Waals surface area contributed by atoms with E-state index >= 15 is 0 Å². The summed E-state index contributed by atoms with van der Waals surface area (Å²) in [5.41, 5.74) is 3.99. The molecule has 5 nitrogen and oxygen atoms in total. The highest BCUT2D eigenvalue weighted by molar-refractivity contribution is 7.93. The van der Waals surface area contributed by atoms with Crippen molar-refractivity contribution < 1.29 is 14.3 Å². The van der Waals surface area contributed by atoms with Gasteiger partial charge >= 0.3 is 5.03 Å². The number of rotatable bonds is 3. The van der Waals surface area contributed by atoms with Crippen molar-refractivity contribution >= 4 is 11.9 Å². The first-order valence-corrected chi connectivity index (χ1v) is 5.65. The molecule has 0 amide bonds. The Balaban J connectivity index is 2.18. The molecule has 2 N–H and O–H groups in total. The van der Waals surface area contributed by atoms with Gasteiger partial charge in [-0.2, -0.15) is 5.21 Å². The predicted octanol–water partition coefficient (Wildman–Crippen LogP) is 1.25. The van der Waals surface area contributed by atoms with Crippen LogP contribution in [0.2, 0.25) is 0 Å². The molecule has 1 atom stereocenters. The van der Waals surface area contributed by atoms with Crippen molar-refractivity contribution in [2.75, 3.05) is 12.3 Å². The summed E-state index contributed by atoms with van der Waals surface area (Å²) >= 11 is 1.38. The van der Waals surface area contributed by atoms with E-state index in [-0.39, 0.29) is 9.14 Å². The molecule has 0 bridgehead atoms. The van der Waals surface area contributed by atoms with Crippen LogP contribution in [-0.4, -0.2) is 26.6 Å². The highest BCUT2D eigenvalue weighted by Gasteiger charge is 2.51. The molecule has 1 fully saturated rings. The Bertz CT molecular complexity index is 352. The number of benzene rings is 1. The minimum Gasteiger partial charge on any atom is -0.193 e. The molecule has 1 aromatic rings. The number of nitrogens with zero attached hydrogens (tertiary/aromatic N) is 2. The van der Waals surface area contributed by atoms with Crippen molar-refractivity contribution in [3.63, 3.8) is 0 Å². The third kappa shape index (κ3) is 2.11. The summed E-state index contributed by atoms with van der Waals surface area (Å²) in [6, 6.07) is 9.62. The smallest absolute Gasteiger partial charge is 0.193 e. The zero-order valence-electron chi connectivity index (χ0n) is 8.17. The molecule has 1 saturated heterocycles. The van der Waals surface area contributed by atoms with Gasteiger partial charge in [0.05, 0.1) is 12.3 Å². The molecule has 0 radical (unpaired) electrons. The summed E-state index contributed by atoms with van der Waals surface area (Å²) in [6.07, 6.45) is 0. The summed E-state index contributed by atoms with van der Waals surface area (Å²) in [7, 11) is 0. The summed E-state index contributed by atoms with van der Waals surface area (Å²) in [5.74, 6) is 0.812. The lowest BCUT2D eigenvalue weighted by Gasteiger charge is -2.13. The van der Waals surface area contributed by atoms with Crippen molar-refractivity contribution in [2.45, 2.75) is 6.54 Å². The number of hydrogen-bond acceptors (Lipinski definition) is 3. The van der Waals surface area contributed by atoms with Gasteiger partial charge in [0, 0.05) is 5.56 Å². The maximum Gasteiger partial charge on any atom is 0.463 e. The standard InChI is InChI=1S/C9H13N3O2S/c13-11(14)12(10-6-7-15-12)8-9-4-2-1-3-5-9/h1-5,10H,6-8H2,(H,13,14)/q+2. The van der Waals surface area contributed by atoms with Gasteiger partial charge in [0.25, 0.3) is 0 Å². The highest BCUT2D eigenvalue weighted by Crippen LogP contribution is 2.27. The largest absolute Gasteiger partial charge is 0.463 e. The molecule has 1 aliphatic rings. The zero-order valence-corrected chi connectivity index (χ0v) is 8.98. The van der Waals surface area contributed by atoms with E-state index in [2.05, 4.69) is 5.43 Å². The average Bonchev–Trinajstić information content (AvgIpc) is 2.69. The van der Waals surface area contributed by atoms with Gasteiger partial charge in [-0.1, -0.05) is 35.8 Å². The Morgan fingerprint density at radius 2 is 2.20 bits per heavy atom. The lowest BCUT2D eigenvalue weighted by Crippen LogP contribution is -2.52. The third-order valence-corrected chi connectivity index (χ3v) is 3.49. The predicted molar refractivity (Wildman–Crippen MR) is 56.3 cm³/mol. The van der Waals surface area contributed by atoms with E-state index < -0.39 is 0 Å². The van der Waals surface area contributed by atoms with Crippen LogP contribution in [-0.2, 0) is 6.54 Å². The Kier molecular flexibility index (Phi) is 2.90. The first-order valence-electron chi connectivity index (χ1n) is 4.71. The van der Waals surface area contributed by atoms with Gasteiger partial charge in [0.2, 0.25) is 6.54 Å². The van der Waals surface area contributed by atoms with E-state index in [4.69, 9.17) is 5.21 Å². The van der Waals surface area contributed by atoms with Crippen LogP contribution >= 0.6 is 11.9 Å². The monoisotopic (exact) mass is 227 g/mol. The summed E-state index contributed by atoms with van der Waals surface area (Å²) < 4.78 is -0.204. The molecule has 1 aliphatic heterocycles. The van der Waals surface area contributed by atoms with Crippen molar-refractivity contribution in [3.8, 4) is 0 Å². The second-order valence-corrected chi connectivity index (χ2v) is 4.61. The van der Waals surface area contributed by atoms with Gasteiger partial charge in [0.1, 0.15) is 9.01 Å². The van der Waals surface area contributed by atoms with E-state index in [0.29, 0.717) is 6.54 Å². The van der Waals surface area contributed by atoms with Crippen LogP contribution in [0.25, 0.3) is 0 Å². The van der Waals surface area contributed by atoms with Crippen LogP contribution in [0.4, 0.5) is 0 Å². The van der Waals surface area contributed by atoms with E-state index in [1.807, 2.05) is 30.3 Å². The number of hydrogen-bond donors (Lipinski definition) is 2. The second-order valence-electron chi connectivity index (χ2n) is 3.34. The molecule has 0 aliphatic carbocycles. The molecule has 0 saturated carbocycles. The lowest BCUT2D eigenvalue weighted by molar-refractivity contribution is -1.37. The van der Waals surface area contributed by atoms with Crippen molar-refractivity contribution in [1.82, 2.24) is 5.43 Å². The molecule has 6 heteroatoms. The van der Waals surface area contributed by atoms with Crippen LogP contribution in [0, 0.1) is 4.91 Å². The van der Waals surface area contributed by atoms with E-state index in [0.717, 1.165) is 17.9 Å². The maximum atomic E-state index is 11.1. The number of quaternary nitrogens is 1. The van der Waals surface area contributed by atoms with Crippen LogP contribution < -0.4 is 5.43 Å². The molecule has 1 aromatic carbocycles. The van der Waals surface area contributed by atoms with Gasteiger partial charge in [0.15, 0.2) is 11.9 Å². The van der Waals surface area contributed by atoms with Crippen LogP contribution in [0.15, 0.2) is 30.3 Å². The zero-order chi connectivity index (χ0) is 10.7. The summed E-state index contributed by atoms with van der Waals surface area (Å²) in [4.78, 5) is 11.1. The van der Waals surface area contributed by atoms with Crippen LogP contribution in [0.3, 0.4) is 0 Å². The van der Waals surface area contributed by atoms with Crippen molar-refractivity contribution in [3.05, 3.63) is 40.8 Å². The van der Waals surface area contributed by atoms with Crippen LogP contribution in [0.1, 0.15) is 5.56 Å². The van der Waals surface area contributed by atoms with Crippen molar-refractivity contribution in [1.29, 1.82) is 0 Å². The van der Waals surface area contributed by atoms with E-state index in [1.165, 1.54) is 11.9 Å². The van der Waals surface area contributed by atoms with Gasteiger partial charge in [-0.15, -0.1) is 0 Å². The third-order valence-electron chi connectivity index (χ3n) is 2.28. The average molecular weight is 227 g/mol. The summed E-state index contributed by atoms with van der Waals surface area (Å²) in [5, 5.41) is 9.11. The van der Waals surface area contributed by atoms with Crippen molar-refractivity contribution in [2.24, 2.45) is 0 Å². The Morgan fingerprint density at radius 1 is 1.47 bits per heavy atom. The molecule has 1 heterocycles. The minimum atomic E-state index is -0.204. The second kappa shape index (κ2) is 4.18. The SMILES string of the molecule is O=[N+](O)[N+]1(Cc2ccccc2)NCCS1. The van der Waals surface area contributed by atoms with Gasteiger partial charge in [-0.3, -0.25) is 0 Å². The Morgan fingerprint density at radius 3 is 2.73 bits per heavy atom. The molecule has 2 rings (SSSR count). The molecular formula is C9H13N3O2S+2. The van der Waals surface area contributed by atoms with Gasteiger partial charge in [-0.25, -0.2) is 0 Å². The molecule has 80 valence electrons. The van der Waals surface area contributed by atoms with Crippen LogP contribution in [0.5, 0.6) is 0 Å². The van der Waals surface area contributed by atoms with Gasteiger partial charge < -0.3 is 0 Å². The number of nitrogens with one attached hydrogen (secondary N) is 1. The topological polar surface area (TPSA) is 52.3 Å². The Labute approximate surface area is 91.9 Å². The maximum absolute atomic E-state index is 11.1. The molecule has 0 spiro atoms. The quantitative estimate of drug-likeness (QED) is 0.463. The van der Waals surface area contributed by atoms with E-state index in [9.17, 15) is 4.91 Å². The summed E-state index contributed by atoms with van der Waals surface area (Å²) in [6.45, 7) is 1.16. The first-order chi connectivity index (χ1) is 7.23. The fourth-order valence-electron chi connectivity index (χ4n) is 1.57. The highest BCUT2D eigenvalue weighted by atomic mass is 32.2.